The van der Waals surface area contributed by atoms with Crippen LogP contribution in [0.15, 0.2) is 0 Å². The summed E-state index contributed by atoms with van der Waals surface area (Å²) in [6.45, 7) is 11.6. The molecule has 2 atom stereocenters. The SMILES string of the molecule is CCC(C)[C@H](CC)C(=N)C(=O)OC(C)(C)C. The molecule has 94 valence electrons. The van der Waals surface area contributed by atoms with Crippen LogP contribution in [0.2, 0.25) is 0 Å². The molecule has 0 saturated carbocycles. The highest BCUT2D eigenvalue weighted by molar-refractivity contribution is 6.36. The quantitative estimate of drug-likeness (QED) is 0.578. The van der Waals surface area contributed by atoms with E-state index in [9.17, 15) is 4.79 Å². The van der Waals surface area contributed by atoms with Gasteiger partial charge in [-0.2, -0.15) is 0 Å². The number of rotatable bonds is 5. The highest BCUT2D eigenvalue weighted by atomic mass is 16.6. The van der Waals surface area contributed by atoms with Crippen molar-refractivity contribution in [1.29, 1.82) is 5.41 Å². The summed E-state index contributed by atoms with van der Waals surface area (Å²) in [5.41, 5.74) is -0.399. The lowest BCUT2D eigenvalue weighted by Crippen LogP contribution is -2.34. The number of esters is 1. The summed E-state index contributed by atoms with van der Waals surface area (Å²) in [5, 5.41) is 7.89. The molecule has 0 aliphatic carbocycles. The molecule has 3 heteroatoms. The minimum atomic E-state index is -0.517. The molecule has 0 fully saturated rings. The minimum Gasteiger partial charge on any atom is -0.455 e. The van der Waals surface area contributed by atoms with E-state index in [0.717, 1.165) is 12.8 Å². The first-order valence-electron chi connectivity index (χ1n) is 6.04. The van der Waals surface area contributed by atoms with Gasteiger partial charge in [0, 0.05) is 5.92 Å². The molecule has 1 unspecified atom stereocenters. The lowest BCUT2D eigenvalue weighted by atomic mass is 9.85. The Balaban J connectivity index is 4.58. The molecule has 0 aliphatic heterocycles. The van der Waals surface area contributed by atoms with Crippen LogP contribution in [0.5, 0.6) is 0 Å². The standard InChI is InChI=1S/C13H25NO2/c1-7-9(3)10(8-2)11(14)12(15)16-13(4,5)6/h9-10,14H,7-8H2,1-6H3/t9?,10-/m0/s1. The Hall–Kier alpha value is -0.860. The maximum Gasteiger partial charge on any atom is 0.352 e. The largest absolute Gasteiger partial charge is 0.455 e. The van der Waals surface area contributed by atoms with Gasteiger partial charge in [-0.05, 0) is 33.1 Å². The average Bonchev–Trinajstić information content (AvgIpc) is 2.15. The summed E-state index contributed by atoms with van der Waals surface area (Å²) in [6, 6.07) is 0. The topological polar surface area (TPSA) is 50.2 Å². The Morgan fingerprint density at radius 1 is 1.25 bits per heavy atom. The zero-order chi connectivity index (χ0) is 12.9. The summed E-state index contributed by atoms with van der Waals surface area (Å²) in [4.78, 5) is 11.7. The Labute approximate surface area is 99.1 Å². The third-order valence-corrected chi connectivity index (χ3v) is 2.76. The van der Waals surface area contributed by atoms with E-state index in [1.54, 1.807) is 0 Å². The van der Waals surface area contributed by atoms with E-state index >= 15 is 0 Å². The van der Waals surface area contributed by atoms with Gasteiger partial charge in [-0.25, -0.2) is 4.79 Å². The molecule has 0 radical (unpaired) electrons. The second kappa shape index (κ2) is 6.02. The third kappa shape index (κ3) is 4.77. The fourth-order valence-electron chi connectivity index (χ4n) is 1.66. The van der Waals surface area contributed by atoms with Gasteiger partial charge in [0.25, 0.3) is 0 Å². The van der Waals surface area contributed by atoms with Crippen LogP contribution in [-0.4, -0.2) is 17.3 Å². The zero-order valence-corrected chi connectivity index (χ0v) is 11.4. The van der Waals surface area contributed by atoms with Gasteiger partial charge < -0.3 is 4.74 Å². The van der Waals surface area contributed by atoms with Gasteiger partial charge in [0.15, 0.2) is 0 Å². The average molecular weight is 227 g/mol. The third-order valence-electron chi connectivity index (χ3n) is 2.76. The van der Waals surface area contributed by atoms with Crippen molar-refractivity contribution in [2.24, 2.45) is 11.8 Å². The van der Waals surface area contributed by atoms with Gasteiger partial charge in [-0.3, -0.25) is 5.41 Å². The summed E-state index contributed by atoms with van der Waals surface area (Å²) >= 11 is 0. The lowest BCUT2D eigenvalue weighted by Gasteiger charge is -2.25. The number of carbonyl (C=O) groups excluding carboxylic acids is 1. The van der Waals surface area contributed by atoms with Crippen molar-refractivity contribution in [1.82, 2.24) is 0 Å². The van der Waals surface area contributed by atoms with Gasteiger partial charge in [-0.15, -0.1) is 0 Å². The molecule has 0 spiro atoms. The molecule has 0 aliphatic rings. The van der Waals surface area contributed by atoms with Crippen molar-refractivity contribution in [2.45, 2.75) is 60.0 Å². The molecule has 0 amide bonds. The van der Waals surface area contributed by atoms with E-state index in [4.69, 9.17) is 10.1 Å². The monoisotopic (exact) mass is 227 g/mol. The molecular formula is C13H25NO2. The molecule has 16 heavy (non-hydrogen) atoms. The molecular weight excluding hydrogens is 202 g/mol. The Morgan fingerprint density at radius 2 is 1.75 bits per heavy atom. The van der Waals surface area contributed by atoms with Crippen molar-refractivity contribution in [3.8, 4) is 0 Å². The Kier molecular flexibility index (Phi) is 5.70. The smallest absolute Gasteiger partial charge is 0.352 e. The van der Waals surface area contributed by atoms with Crippen molar-refractivity contribution < 1.29 is 9.53 Å². The first kappa shape index (κ1) is 15.1. The first-order valence-corrected chi connectivity index (χ1v) is 6.04. The number of nitrogens with one attached hydrogen (secondary N) is 1. The number of carbonyl (C=O) groups is 1. The molecule has 1 N–H and O–H groups in total. The van der Waals surface area contributed by atoms with Crippen LogP contribution in [0, 0.1) is 17.2 Å². The van der Waals surface area contributed by atoms with Crippen molar-refractivity contribution in [2.75, 3.05) is 0 Å². The molecule has 0 heterocycles. The van der Waals surface area contributed by atoms with E-state index in [1.807, 2.05) is 27.7 Å². The summed E-state index contributed by atoms with van der Waals surface area (Å²) in [5.74, 6) is -0.107. The highest BCUT2D eigenvalue weighted by Gasteiger charge is 2.28. The van der Waals surface area contributed by atoms with E-state index in [1.165, 1.54) is 0 Å². The van der Waals surface area contributed by atoms with Crippen LogP contribution >= 0.6 is 0 Å². The summed E-state index contributed by atoms with van der Waals surface area (Å²) < 4.78 is 5.21. The van der Waals surface area contributed by atoms with Crippen LogP contribution in [0.25, 0.3) is 0 Å². The van der Waals surface area contributed by atoms with Crippen LogP contribution in [0.1, 0.15) is 54.4 Å². The van der Waals surface area contributed by atoms with Gasteiger partial charge in [0.2, 0.25) is 0 Å². The maximum absolute atomic E-state index is 11.7. The maximum atomic E-state index is 11.7. The lowest BCUT2D eigenvalue weighted by molar-refractivity contribution is -0.146. The molecule has 3 nitrogen and oxygen atoms in total. The Morgan fingerprint density at radius 3 is 2.06 bits per heavy atom. The number of hydrogen-bond acceptors (Lipinski definition) is 3. The molecule has 0 aromatic heterocycles. The van der Waals surface area contributed by atoms with E-state index in [0.29, 0.717) is 5.92 Å². The first-order chi connectivity index (χ1) is 7.22. The van der Waals surface area contributed by atoms with Crippen LogP contribution in [0.3, 0.4) is 0 Å². The zero-order valence-electron chi connectivity index (χ0n) is 11.4. The van der Waals surface area contributed by atoms with E-state index in [2.05, 4.69) is 13.8 Å². The normalized spacial score (nSPS) is 15.4. The van der Waals surface area contributed by atoms with Crippen LogP contribution in [-0.2, 0) is 9.53 Å². The summed E-state index contributed by atoms with van der Waals surface area (Å²) in [6.07, 6.45) is 1.79. The van der Waals surface area contributed by atoms with Gasteiger partial charge in [-0.1, -0.05) is 27.2 Å². The highest BCUT2D eigenvalue weighted by Crippen LogP contribution is 2.21. The molecule has 0 bridgehead atoms. The van der Waals surface area contributed by atoms with Gasteiger partial charge in [0.05, 0.1) is 0 Å². The fraction of sp³-hybridized carbons (Fsp3) is 0.846. The van der Waals surface area contributed by atoms with Crippen molar-refractivity contribution in [3.63, 3.8) is 0 Å². The summed E-state index contributed by atoms with van der Waals surface area (Å²) in [7, 11) is 0. The van der Waals surface area contributed by atoms with Gasteiger partial charge in [0.1, 0.15) is 11.3 Å². The number of ether oxygens (including phenoxy) is 1. The molecule has 0 rings (SSSR count). The number of hydrogen-bond donors (Lipinski definition) is 1. The van der Waals surface area contributed by atoms with Crippen LogP contribution in [0.4, 0.5) is 0 Å². The molecule has 0 saturated heterocycles. The van der Waals surface area contributed by atoms with E-state index < -0.39 is 11.6 Å². The molecule has 0 aromatic carbocycles. The predicted molar refractivity (Wildman–Crippen MR) is 66.8 cm³/mol. The van der Waals surface area contributed by atoms with Crippen molar-refractivity contribution in [3.05, 3.63) is 0 Å². The Bertz CT molecular complexity index is 253. The minimum absolute atomic E-state index is 0.0137. The van der Waals surface area contributed by atoms with Gasteiger partial charge >= 0.3 is 5.97 Å². The van der Waals surface area contributed by atoms with Crippen molar-refractivity contribution >= 4 is 11.7 Å². The fourth-order valence-corrected chi connectivity index (χ4v) is 1.66. The van der Waals surface area contributed by atoms with Crippen LogP contribution < -0.4 is 0 Å². The second-order valence-corrected chi connectivity index (χ2v) is 5.32. The van der Waals surface area contributed by atoms with E-state index in [-0.39, 0.29) is 11.6 Å². The predicted octanol–water partition coefficient (Wildman–Crippen LogP) is 3.42. The second-order valence-electron chi connectivity index (χ2n) is 5.32. The molecule has 0 aromatic rings.